The van der Waals surface area contributed by atoms with E-state index in [-0.39, 0.29) is 17.7 Å². The Hall–Kier alpha value is -1.59. The molecule has 0 unspecified atom stereocenters. The van der Waals surface area contributed by atoms with Crippen LogP contribution in [0.3, 0.4) is 0 Å². The molecule has 4 aliphatic rings. The molecular formula is C25H43N3O3. The first-order chi connectivity index (χ1) is 14.8. The summed E-state index contributed by atoms with van der Waals surface area (Å²) >= 11 is 0. The Kier molecular flexibility index (Phi) is 7.69. The van der Waals surface area contributed by atoms with Crippen molar-refractivity contribution in [2.75, 3.05) is 21.1 Å². The van der Waals surface area contributed by atoms with Gasteiger partial charge in [0.2, 0.25) is 17.7 Å². The van der Waals surface area contributed by atoms with Gasteiger partial charge in [-0.1, -0.05) is 0 Å². The van der Waals surface area contributed by atoms with E-state index in [0.717, 1.165) is 44.4 Å². The molecule has 0 aromatic heterocycles. The highest BCUT2D eigenvalue weighted by atomic mass is 16.2. The summed E-state index contributed by atoms with van der Waals surface area (Å²) in [4.78, 5) is 35.4. The molecule has 3 N–H and O–H groups in total. The zero-order chi connectivity index (χ0) is 22.5. The number of nitrogens with one attached hydrogen (secondary N) is 3. The van der Waals surface area contributed by atoms with Crippen LogP contribution in [0.2, 0.25) is 0 Å². The van der Waals surface area contributed by atoms with Crippen molar-refractivity contribution in [2.45, 2.75) is 96.3 Å². The smallest absolute Gasteiger partial charge is 0.219 e. The quantitative estimate of drug-likeness (QED) is 0.439. The van der Waals surface area contributed by atoms with Gasteiger partial charge >= 0.3 is 0 Å². The van der Waals surface area contributed by atoms with Gasteiger partial charge in [0.15, 0.2) is 0 Å². The van der Waals surface area contributed by atoms with E-state index < -0.39 is 0 Å². The summed E-state index contributed by atoms with van der Waals surface area (Å²) in [7, 11) is 5.15. The van der Waals surface area contributed by atoms with Crippen LogP contribution in [0.1, 0.15) is 96.3 Å². The number of hydrogen-bond acceptors (Lipinski definition) is 3. The number of carbonyl (C=O) groups is 3. The maximum atomic E-state index is 11.8. The van der Waals surface area contributed by atoms with Crippen LogP contribution in [0.25, 0.3) is 0 Å². The molecule has 4 bridgehead atoms. The lowest BCUT2D eigenvalue weighted by atomic mass is 9.37. The highest BCUT2D eigenvalue weighted by molar-refractivity contribution is 5.76. The molecule has 176 valence electrons. The van der Waals surface area contributed by atoms with Crippen molar-refractivity contribution in [3.8, 4) is 0 Å². The van der Waals surface area contributed by atoms with Crippen molar-refractivity contribution < 1.29 is 14.4 Å². The standard InChI is InChI=1S/C25H43N3O3/c1-26-20(29)7-4-10-23-13-19-14-24(16-23,11-5-8-21(30)27-2)18-25(15-19,17-23)12-6-9-22(31)28-3/h19H,4-18H2,1-3H3,(H,26,29)(H,27,30)(H,28,31). The molecule has 6 nitrogen and oxygen atoms in total. The lowest BCUT2D eigenvalue weighted by Crippen LogP contribution is -2.56. The van der Waals surface area contributed by atoms with Crippen LogP contribution in [0.5, 0.6) is 0 Å². The fraction of sp³-hybridized carbons (Fsp3) is 0.880. The molecule has 0 spiro atoms. The van der Waals surface area contributed by atoms with Gasteiger partial charge in [-0.3, -0.25) is 14.4 Å². The van der Waals surface area contributed by atoms with Crippen molar-refractivity contribution in [3.63, 3.8) is 0 Å². The first-order valence-corrected chi connectivity index (χ1v) is 12.4. The van der Waals surface area contributed by atoms with Crippen LogP contribution in [0.4, 0.5) is 0 Å². The molecule has 6 heteroatoms. The molecule has 3 amide bonds. The van der Waals surface area contributed by atoms with Crippen LogP contribution < -0.4 is 16.0 Å². The molecule has 0 saturated heterocycles. The van der Waals surface area contributed by atoms with Gasteiger partial charge in [0.25, 0.3) is 0 Å². The first-order valence-electron chi connectivity index (χ1n) is 12.4. The molecule has 4 rings (SSSR count). The van der Waals surface area contributed by atoms with E-state index in [0.29, 0.717) is 35.5 Å². The van der Waals surface area contributed by atoms with Crippen LogP contribution in [-0.4, -0.2) is 38.9 Å². The highest BCUT2D eigenvalue weighted by Crippen LogP contribution is 2.73. The Bertz CT molecular complexity index is 579. The highest BCUT2D eigenvalue weighted by Gasteiger charge is 2.61. The van der Waals surface area contributed by atoms with Crippen molar-refractivity contribution in [2.24, 2.45) is 22.2 Å². The second kappa shape index (κ2) is 9.91. The van der Waals surface area contributed by atoms with Gasteiger partial charge in [0.1, 0.15) is 0 Å². The van der Waals surface area contributed by atoms with Crippen molar-refractivity contribution in [3.05, 3.63) is 0 Å². The van der Waals surface area contributed by atoms with E-state index in [1.807, 2.05) is 0 Å². The Morgan fingerprint density at radius 3 is 1.16 bits per heavy atom. The zero-order valence-electron chi connectivity index (χ0n) is 19.9. The van der Waals surface area contributed by atoms with E-state index in [2.05, 4.69) is 16.0 Å². The maximum Gasteiger partial charge on any atom is 0.219 e. The normalized spacial score (nSPS) is 33.2. The van der Waals surface area contributed by atoms with Crippen molar-refractivity contribution in [1.82, 2.24) is 16.0 Å². The molecule has 4 fully saturated rings. The van der Waals surface area contributed by atoms with Gasteiger partial charge in [-0.15, -0.1) is 0 Å². The van der Waals surface area contributed by atoms with Crippen LogP contribution in [0, 0.1) is 22.2 Å². The predicted molar refractivity (Wildman–Crippen MR) is 122 cm³/mol. The van der Waals surface area contributed by atoms with E-state index in [1.54, 1.807) is 21.1 Å². The van der Waals surface area contributed by atoms with Crippen LogP contribution in [0.15, 0.2) is 0 Å². The zero-order valence-corrected chi connectivity index (χ0v) is 19.9. The SMILES string of the molecule is CNC(=O)CCCC12CC3CC(CCCC(=O)NC)(C1)CC(CCCC(=O)NC)(C3)C2. The van der Waals surface area contributed by atoms with Gasteiger partial charge in [0, 0.05) is 40.4 Å². The lowest BCUT2D eigenvalue weighted by molar-refractivity contribution is -0.169. The molecule has 4 saturated carbocycles. The summed E-state index contributed by atoms with van der Waals surface area (Å²) in [5.41, 5.74) is 1.06. The van der Waals surface area contributed by atoms with Gasteiger partial charge in [-0.25, -0.2) is 0 Å². The maximum absolute atomic E-state index is 11.8. The van der Waals surface area contributed by atoms with Gasteiger partial charge in [-0.2, -0.15) is 0 Å². The number of hydrogen-bond donors (Lipinski definition) is 3. The number of rotatable bonds is 12. The largest absolute Gasteiger partial charge is 0.359 e. The third-order valence-corrected chi connectivity index (χ3v) is 8.58. The topological polar surface area (TPSA) is 87.3 Å². The summed E-state index contributed by atoms with van der Waals surface area (Å²) in [6, 6.07) is 0. The molecule has 0 aromatic rings. The van der Waals surface area contributed by atoms with Gasteiger partial charge < -0.3 is 16.0 Å². The minimum atomic E-state index is 0.144. The average Bonchev–Trinajstić information content (AvgIpc) is 2.71. The molecule has 0 aromatic carbocycles. The Balaban J connectivity index is 1.72. The average molecular weight is 434 g/mol. The monoisotopic (exact) mass is 433 g/mol. The summed E-state index contributed by atoms with van der Waals surface area (Å²) in [5, 5.41) is 8.29. The fourth-order valence-corrected chi connectivity index (χ4v) is 8.14. The van der Waals surface area contributed by atoms with Crippen LogP contribution in [-0.2, 0) is 14.4 Å². The molecule has 0 radical (unpaired) electrons. The summed E-state index contributed by atoms with van der Waals surface area (Å²) in [6.07, 6.45) is 16.0. The number of amides is 3. The third-order valence-electron chi connectivity index (χ3n) is 8.58. The van der Waals surface area contributed by atoms with Crippen LogP contribution >= 0.6 is 0 Å². The van der Waals surface area contributed by atoms with Gasteiger partial charge in [-0.05, 0) is 99.2 Å². The minimum absolute atomic E-state index is 0.144. The fourth-order valence-electron chi connectivity index (χ4n) is 8.14. The van der Waals surface area contributed by atoms with Crippen molar-refractivity contribution in [1.29, 1.82) is 0 Å². The summed E-state index contributed by atoms with van der Waals surface area (Å²) < 4.78 is 0. The molecule has 0 atom stereocenters. The molecule has 4 aliphatic carbocycles. The van der Waals surface area contributed by atoms with E-state index in [4.69, 9.17) is 0 Å². The molecule has 31 heavy (non-hydrogen) atoms. The second-order valence-corrected chi connectivity index (χ2v) is 11.1. The van der Waals surface area contributed by atoms with E-state index in [1.165, 1.54) is 38.5 Å². The predicted octanol–water partition coefficient (Wildman–Crippen LogP) is 3.69. The second-order valence-electron chi connectivity index (χ2n) is 11.1. The Morgan fingerprint density at radius 2 is 0.903 bits per heavy atom. The van der Waals surface area contributed by atoms with Gasteiger partial charge in [0.05, 0.1) is 0 Å². The molecule has 0 aliphatic heterocycles. The summed E-state index contributed by atoms with van der Waals surface area (Å²) in [5.74, 6) is 1.21. The Labute approximate surface area is 188 Å². The van der Waals surface area contributed by atoms with Crippen molar-refractivity contribution >= 4 is 17.7 Å². The third kappa shape index (κ3) is 5.81. The molecular weight excluding hydrogens is 390 g/mol. The van der Waals surface area contributed by atoms with E-state index >= 15 is 0 Å². The molecule has 0 heterocycles. The summed E-state index contributed by atoms with van der Waals surface area (Å²) in [6.45, 7) is 0. The number of carbonyl (C=O) groups excluding carboxylic acids is 3. The lowest BCUT2D eigenvalue weighted by Gasteiger charge is -2.67. The van der Waals surface area contributed by atoms with E-state index in [9.17, 15) is 14.4 Å². The first kappa shape index (κ1) is 24.1. The Morgan fingerprint density at radius 1 is 0.613 bits per heavy atom. The minimum Gasteiger partial charge on any atom is -0.359 e.